The fourth-order valence-electron chi connectivity index (χ4n) is 2.28. The summed E-state index contributed by atoms with van der Waals surface area (Å²) in [5.74, 6) is -0.126. The lowest BCUT2D eigenvalue weighted by molar-refractivity contribution is -0.123. The van der Waals surface area contributed by atoms with Gasteiger partial charge in [0.25, 0.3) is 5.91 Å². The molecule has 0 aromatic heterocycles. The monoisotopic (exact) mass is 395 g/mol. The molecule has 0 unspecified atom stereocenters. The van der Waals surface area contributed by atoms with Crippen molar-refractivity contribution in [3.8, 4) is 11.5 Å². The molecule has 0 aliphatic carbocycles. The molecule has 0 spiro atoms. The molecule has 0 fully saturated rings. The molecule has 0 radical (unpaired) electrons. The number of rotatable bonds is 4. The molecule has 1 atom stereocenters. The summed E-state index contributed by atoms with van der Waals surface area (Å²) in [6.07, 6.45) is -1.03. The van der Waals surface area contributed by atoms with E-state index in [0.29, 0.717) is 35.4 Å². The van der Waals surface area contributed by atoms with Crippen molar-refractivity contribution in [3.63, 3.8) is 0 Å². The first-order chi connectivity index (χ1) is 12.4. The lowest BCUT2D eigenvalue weighted by Gasteiger charge is -2.19. The number of fused-ring (bicyclic) bond motifs is 1. The Bertz CT molecular complexity index is 855. The zero-order chi connectivity index (χ0) is 18.7. The van der Waals surface area contributed by atoms with E-state index >= 15 is 0 Å². The standard InChI is InChI=1S/C18H15Cl2NO5/c1-10(17(22)21-14-4-3-12(19)9-13(14)20)26-18(23)11-2-5-15-16(8-11)25-7-6-24-15/h2-5,8-10H,6-7H2,1H3,(H,21,22)/t10-/m1/s1. The Labute approximate surface area is 159 Å². The Balaban J connectivity index is 1.64. The molecule has 2 aromatic carbocycles. The van der Waals surface area contributed by atoms with Crippen LogP contribution in [0.4, 0.5) is 5.69 Å². The second-order valence-corrected chi connectivity index (χ2v) is 6.36. The lowest BCUT2D eigenvalue weighted by atomic mass is 10.2. The average molecular weight is 396 g/mol. The number of halogens is 2. The summed E-state index contributed by atoms with van der Waals surface area (Å²) >= 11 is 11.8. The second kappa shape index (κ2) is 7.85. The molecule has 1 aliphatic rings. The number of carbonyl (C=O) groups excluding carboxylic acids is 2. The van der Waals surface area contributed by atoms with E-state index in [2.05, 4.69) is 5.32 Å². The first kappa shape index (κ1) is 18.4. The van der Waals surface area contributed by atoms with E-state index in [0.717, 1.165) is 0 Å². The normalized spacial score (nSPS) is 13.7. The maximum absolute atomic E-state index is 12.3. The van der Waals surface area contributed by atoms with Crippen molar-refractivity contribution in [1.29, 1.82) is 0 Å². The topological polar surface area (TPSA) is 73.9 Å². The molecule has 0 saturated heterocycles. The van der Waals surface area contributed by atoms with Crippen molar-refractivity contribution in [2.45, 2.75) is 13.0 Å². The van der Waals surface area contributed by atoms with Crippen LogP contribution in [0.15, 0.2) is 36.4 Å². The van der Waals surface area contributed by atoms with Gasteiger partial charge in [0, 0.05) is 5.02 Å². The Hall–Kier alpha value is -2.44. The highest BCUT2D eigenvalue weighted by molar-refractivity contribution is 6.36. The van der Waals surface area contributed by atoms with Crippen molar-refractivity contribution in [2.75, 3.05) is 18.5 Å². The van der Waals surface area contributed by atoms with E-state index in [1.807, 2.05) is 0 Å². The third-order valence-corrected chi connectivity index (χ3v) is 4.17. The van der Waals surface area contributed by atoms with Gasteiger partial charge in [0.1, 0.15) is 13.2 Å². The number of hydrogen-bond acceptors (Lipinski definition) is 5. The maximum Gasteiger partial charge on any atom is 0.339 e. The van der Waals surface area contributed by atoms with E-state index in [4.69, 9.17) is 37.4 Å². The minimum Gasteiger partial charge on any atom is -0.486 e. The number of hydrogen-bond donors (Lipinski definition) is 1. The highest BCUT2D eigenvalue weighted by Crippen LogP contribution is 2.31. The van der Waals surface area contributed by atoms with Gasteiger partial charge in [-0.2, -0.15) is 0 Å². The van der Waals surface area contributed by atoms with Gasteiger partial charge in [-0.1, -0.05) is 23.2 Å². The van der Waals surface area contributed by atoms with Gasteiger partial charge >= 0.3 is 5.97 Å². The minimum atomic E-state index is -1.03. The molecule has 6 nitrogen and oxygen atoms in total. The molecule has 1 heterocycles. The Morgan fingerprint density at radius 3 is 2.54 bits per heavy atom. The van der Waals surface area contributed by atoms with Crippen molar-refractivity contribution in [1.82, 2.24) is 0 Å². The quantitative estimate of drug-likeness (QED) is 0.793. The number of esters is 1. The number of nitrogens with one attached hydrogen (secondary N) is 1. The summed E-state index contributed by atoms with van der Waals surface area (Å²) in [5.41, 5.74) is 0.640. The molecule has 0 bridgehead atoms. The average Bonchev–Trinajstić information content (AvgIpc) is 2.63. The van der Waals surface area contributed by atoms with Crippen LogP contribution in [-0.4, -0.2) is 31.2 Å². The van der Waals surface area contributed by atoms with Crippen molar-refractivity contribution >= 4 is 40.8 Å². The fourth-order valence-corrected chi connectivity index (χ4v) is 2.73. The highest BCUT2D eigenvalue weighted by atomic mass is 35.5. The molecular weight excluding hydrogens is 381 g/mol. The van der Waals surface area contributed by atoms with Crippen LogP contribution >= 0.6 is 23.2 Å². The van der Waals surface area contributed by atoms with Crippen molar-refractivity contribution in [2.24, 2.45) is 0 Å². The molecular formula is C18H15Cl2NO5. The summed E-state index contributed by atoms with van der Waals surface area (Å²) in [5, 5.41) is 3.33. The fraction of sp³-hybridized carbons (Fsp3) is 0.222. The maximum atomic E-state index is 12.3. The molecule has 1 amide bonds. The summed E-state index contributed by atoms with van der Waals surface area (Å²) < 4.78 is 16.0. The van der Waals surface area contributed by atoms with E-state index in [9.17, 15) is 9.59 Å². The molecule has 2 aromatic rings. The predicted octanol–water partition coefficient (Wildman–Crippen LogP) is 3.95. The summed E-state index contributed by atoms with van der Waals surface area (Å²) in [4.78, 5) is 24.5. The van der Waals surface area contributed by atoms with Gasteiger partial charge in [0.15, 0.2) is 17.6 Å². The van der Waals surface area contributed by atoms with Crippen LogP contribution in [0.2, 0.25) is 10.0 Å². The van der Waals surface area contributed by atoms with Crippen LogP contribution in [0.1, 0.15) is 17.3 Å². The summed E-state index contributed by atoms with van der Waals surface area (Å²) in [6.45, 7) is 2.34. The zero-order valence-electron chi connectivity index (χ0n) is 13.8. The summed E-state index contributed by atoms with van der Waals surface area (Å²) in [7, 11) is 0. The second-order valence-electron chi connectivity index (χ2n) is 5.52. The van der Waals surface area contributed by atoms with Crippen LogP contribution in [0, 0.1) is 0 Å². The Kier molecular flexibility index (Phi) is 5.54. The molecule has 136 valence electrons. The van der Waals surface area contributed by atoms with Gasteiger partial charge in [0.05, 0.1) is 16.3 Å². The van der Waals surface area contributed by atoms with E-state index in [-0.39, 0.29) is 10.6 Å². The van der Waals surface area contributed by atoms with Gasteiger partial charge in [-0.05, 0) is 43.3 Å². The van der Waals surface area contributed by atoms with Gasteiger partial charge in [0.2, 0.25) is 0 Å². The number of carbonyl (C=O) groups is 2. The number of ether oxygens (including phenoxy) is 3. The molecule has 1 aliphatic heterocycles. The zero-order valence-corrected chi connectivity index (χ0v) is 15.3. The number of benzene rings is 2. The molecule has 8 heteroatoms. The molecule has 0 saturated carbocycles. The molecule has 1 N–H and O–H groups in total. The van der Waals surface area contributed by atoms with Crippen molar-refractivity contribution < 1.29 is 23.8 Å². The van der Waals surface area contributed by atoms with Crippen LogP contribution < -0.4 is 14.8 Å². The van der Waals surface area contributed by atoms with Crippen LogP contribution in [-0.2, 0) is 9.53 Å². The molecule has 26 heavy (non-hydrogen) atoms. The van der Waals surface area contributed by atoms with Gasteiger partial charge in [-0.15, -0.1) is 0 Å². The van der Waals surface area contributed by atoms with Gasteiger partial charge in [-0.25, -0.2) is 4.79 Å². The number of amides is 1. The van der Waals surface area contributed by atoms with Crippen molar-refractivity contribution in [3.05, 3.63) is 52.0 Å². The smallest absolute Gasteiger partial charge is 0.339 e. The predicted molar refractivity (Wildman–Crippen MR) is 97.4 cm³/mol. The third-order valence-electron chi connectivity index (χ3n) is 3.62. The summed E-state index contributed by atoms with van der Waals surface area (Å²) in [6, 6.07) is 9.37. The van der Waals surface area contributed by atoms with Crippen LogP contribution in [0.5, 0.6) is 11.5 Å². The van der Waals surface area contributed by atoms with E-state index in [1.54, 1.807) is 24.3 Å². The highest BCUT2D eigenvalue weighted by Gasteiger charge is 2.21. The Morgan fingerprint density at radius 1 is 1.08 bits per heavy atom. The first-order valence-corrected chi connectivity index (χ1v) is 8.56. The minimum absolute atomic E-state index is 0.262. The van der Waals surface area contributed by atoms with Gasteiger partial charge < -0.3 is 19.5 Å². The van der Waals surface area contributed by atoms with Crippen LogP contribution in [0.25, 0.3) is 0 Å². The van der Waals surface area contributed by atoms with Crippen LogP contribution in [0.3, 0.4) is 0 Å². The van der Waals surface area contributed by atoms with E-state index in [1.165, 1.54) is 19.1 Å². The lowest BCUT2D eigenvalue weighted by Crippen LogP contribution is -2.30. The number of anilines is 1. The first-order valence-electron chi connectivity index (χ1n) is 7.80. The molecule has 3 rings (SSSR count). The largest absolute Gasteiger partial charge is 0.486 e. The van der Waals surface area contributed by atoms with E-state index < -0.39 is 18.0 Å². The third kappa shape index (κ3) is 4.20. The SMILES string of the molecule is C[C@@H](OC(=O)c1ccc2c(c1)OCCO2)C(=O)Nc1ccc(Cl)cc1Cl. The van der Waals surface area contributed by atoms with Gasteiger partial charge in [-0.3, -0.25) is 4.79 Å². The Morgan fingerprint density at radius 2 is 1.81 bits per heavy atom.